The number of carbonyl (C=O) groups is 3. The number of hydrogen-bond donors (Lipinski definition) is 1. The molecule has 0 aromatic heterocycles. The van der Waals surface area contributed by atoms with E-state index in [0.717, 1.165) is 16.8 Å². The van der Waals surface area contributed by atoms with Crippen molar-refractivity contribution < 1.29 is 19.1 Å². The second-order valence-electron chi connectivity index (χ2n) is 6.98. The molecule has 6 nitrogen and oxygen atoms in total. The summed E-state index contributed by atoms with van der Waals surface area (Å²) < 4.78 is 5.11. The maximum Gasteiger partial charge on any atom is 0.311 e. The molecule has 1 fully saturated rings. The van der Waals surface area contributed by atoms with Crippen LogP contribution in [0.1, 0.15) is 17.5 Å². The van der Waals surface area contributed by atoms with E-state index in [2.05, 4.69) is 5.32 Å². The molecule has 0 bridgehead atoms. The van der Waals surface area contributed by atoms with Gasteiger partial charge in [-0.15, -0.1) is 0 Å². The molecule has 29 heavy (non-hydrogen) atoms. The number of nitrogens with zero attached hydrogens (tertiary/aromatic N) is 1. The van der Waals surface area contributed by atoms with Crippen molar-refractivity contribution in [3.8, 4) is 0 Å². The molecule has 1 saturated heterocycles. The molecule has 1 aliphatic heterocycles. The molecule has 2 aromatic carbocycles. The van der Waals surface area contributed by atoms with E-state index >= 15 is 0 Å². The number of esters is 1. The Hall–Kier alpha value is -2.57. The Kier molecular flexibility index (Phi) is 6.45. The van der Waals surface area contributed by atoms with Gasteiger partial charge in [-0.25, -0.2) is 0 Å². The first kappa shape index (κ1) is 21.1. The lowest BCUT2D eigenvalue weighted by atomic mass is 10.1. The number of carbonyl (C=O) groups excluding carboxylic acids is 3. The monoisotopic (exact) mass is 434 g/mol. The number of hydrogen-bond acceptors (Lipinski definition) is 4. The summed E-state index contributed by atoms with van der Waals surface area (Å²) in [5.41, 5.74) is 3.15. The third kappa shape index (κ3) is 5.08. The quantitative estimate of drug-likeness (QED) is 0.717. The fraction of sp³-hybridized carbons (Fsp3) is 0.286. The second-order valence-corrected chi connectivity index (χ2v) is 7.82. The average Bonchev–Trinajstić information content (AvgIpc) is 3.05. The van der Waals surface area contributed by atoms with Crippen molar-refractivity contribution in [2.45, 2.75) is 20.3 Å². The molecule has 0 unspecified atom stereocenters. The van der Waals surface area contributed by atoms with Crippen molar-refractivity contribution >= 4 is 52.4 Å². The lowest BCUT2D eigenvalue weighted by Crippen LogP contribution is -2.28. The molecule has 0 radical (unpaired) electrons. The molecule has 1 atom stereocenters. The van der Waals surface area contributed by atoms with Crippen LogP contribution in [0.3, 0.4) is 0 Å². The van der Waals surface area contributed by atoms with Gasteiger partial charge in [0, 0.05) is 23.7 Å². The molecule has 1 N–H and O–H groups in total. The largest absolute Gasteiger partial charge is 0.455 e. The molecule has 2 amide bonds. The molecule has 2 aromatic rings. The van der Waals surface area contributed by atoms with Crippen LogP contribution in [0.5, 0.6) is 0 Å². The van der Waals surface area contributed by atoms with E-state index in [1.54, 1.807) is 17.0 Å². The van der Waals surface area contributed by atoms with Crippen LogP contribution in [-0.4, -0.2) is 30.9 Å². The van der Waals surface area contributed by atoms with Crippen LogP contribution in [0.15, 0.2) is 36.4 Å². The number of nitrogens with one attached hydrogen (secondary N) is 1. The minimum absolute atomic E-state index is 0.0524. The minimum Gasteiger partial charge on any atom is -0.455 e. The first-order valence-electron chi connectivity index (χ1n) is 9.03. The van der Waals surface area contributed by atoms with Crippen LogP contribution in [0.25, 0.3) is 0 Å². The number of rotatable bonds is 5. The molecular formula is C21H20Cl2N2O4. The van der Waals surface area contributed by atoms with E-state index in [-0.39, 0.29) is 23.9 Å². The molecule has 1 heterocycles. The highest BCUT2D eigenvalue weighted by Crippen LogP contribution is 2.29. The molecule has 0 saturated carbocycles. The van der Waals surface area contributed by atoms with E-state index in [1.165, 1.54) is 6.07 Å². The predicted octanol–water partition coefficient (Wildman–Crippen LogP) is 4.15. The van der Waals surface area contributed by atoms with Crippen molar-refractivity contribution in [2.24, 2.45) is 5.92 Å². The number of halogens is 2. The van der Waals surface area contributed by atoms with Gasteiger partial charge >= 0.3 is 5.97 Å². The van der Waals surface area contributed by atoms with E-state index in [0.29, 0.717) is 10.7 Å². The first-order chi connectivity index (χ1) is 13.7. The number of ether oxygens (including phenoxy) is 1. The number of benzene rings is 2. The molecular weight excluding hydrogens is 415 g/mol. The van der Waals surface area contributed by atoms with Crippen LogP contribution < -0.4 is 10.2 Å². The van der Waals surface area contributed by atoms with Gasteiger partial charge in [-0.1, -0.05) is 35.3 Å². The van der Waals surface area contributed by atoms with Crippen LogP contribution >= 0.6 is 23.2 Å². The maximum absolute atomic E-state index is 12.4. The van der Waals surface area contributed by atoms with Gasteiger partial charge in [0.2, 0.25) is 5.91 Å². The Labute approximate surface area is 178 Å². The highest BCUT2D eigenvalue weighted by Gasteiger charge is 2.36. The third-order valence-corrected chi connectivity index (χ3v) is 5.21. The minimum atomic E-state index is -0.616. The number of aryl methyl sites for hydroxylation is 2. The summed E-state index contributed by atoms with van der Waals surface area (Å²) in [4.78, 5) is 38.4. The molecule has 0 spiro atoms. The summed E-state index contributed by atoms with van der Waals surface area (Å²) in [5.74, 6) is -1.87. The summed E-state index contributed by atoms with van der Waals surface area (Å²) in [6.45, 7) is 3.62. The van der Waals surface area contributed by atoms with Crippen molar-refractivity contribution in [1.29, 1.82) is 0 Å². The lowest BCUT2D eigenvalue weighted by Gasteiger charge is -2.19. The van der Waals surface area contributed by atoms with Gasteiger partial charge in [-0.05, 0) is 49.2 Å². The number of amides is 2. The fourth-order valence-corrected chi connectivity index (χ4v) is 3.60. The van der Waals surface area contributed by atoms with Gasteiger partial charge in [0.05, 0.1) is 16.6 Å². The molecule has 152 valence electrons. The lowest BCUT2D eigenvalue weighted by molar-refractivity contribution is -0.151. The van der Waals surface area contributed by atoms with Crippen LogP contribution in [0, 0.1) is 19.8 Å². The summed E-state index contributed by atoms with van der Waals surface area (Å²) in [5, 5.41) is 3.28. The molecule has 8 heteroatoms. The van der Waals surface area contributed by atoms with E-state index in [9.17, 15) is 14.4 Å². The Morgan fingerprint density at radius 3 is 2.66 bits per heavy atom. The summed E-state index contributed by atoms with van der Waals surface area (Å²) >= 11 is 11.8. The van der Waals surface area contributed by atoms with Crippen LogP contribution in [0.4, 0.5) is 11.4 Å². The van der Waals surface area contributed by atoms with Crippen molar-refractivity contribution in [2.75, 3.05) is 23.4 Å². The van der Waals surface area contributed by atoms with E-state index in [4.69, 9.17) is 27.9 Å². The van der Waals surface area contributed by atoms with Gasteiger partial charge in [-0.3, -0.25) is 14.4 Å². The van der Waals surface area contributed by atoms with Gasteiger partial charge in [0.1, 0.15) is 0 Å². The van der Waals surface area contributed by atoms with Crippen molar-refractivity contribution in [3.63, 3.8) is 0 Å². The highest BCUT2D eigenvalue weighted by molar-refractivity contribution is 6.36. The molecule has 3 rings (SSSR count). The number of anilines is 2. The highest BCUT2D eigenvalue weighted by atomic mass is 35.5. The summed E-state index contributed by atoms with van der Waals surface area (Å²) in [6, 6.07) is 10.5. The standard InChI is InChI=1S/C21H20Cl2N2O4/c1-12-3-4-13(2)18(7-12)25-10-14(8-20(25)27)21(28)29-11-19(26)24-17-6-5-15(22)9-16(17)23/h3-7,9,14H,8,10-11H2,1-2H3,(H,24,26)/t14-/m1/s1. The smallest absolute Gasteiger partial charge is 0.311 e. The topological polar surface area (TPSA) is 75.7 Å². The maximum atomic E-state index is 12.4. The molecule has 1 aliphatic rings. The Morgan fingerprint density at radius 2 is 1.93 bits per heavy atom. The van der Waals surface area contributed by atoms with Crippen LogP contribution in [-0.2, 0) is 19.1 Å². The normalized spacial score (nSPS) is 16.1. The average molecular weight is 435 g/mol. The zero-order chi connectivity index (χ0) is 21.1. The Morgan fingerprint density at radius 1 is 1.17 bits per heavy atom. The summed E-state index contributed by atoms with van der Waals surface area (Å²) in [6.07, 6.45) is 0.0524. The third-order valence-electron chi connectivity index (χ3n) is 4.66. The zero-order valence-electron chi connectivity index (χ0n) is 16.0. The molecule has 0 aliphatic carbocycles. The Balaban J connectivity index is 1.56. The van der Waals surface area contributed by atoms with E-state index < -0.39 is 24.4 Å². The van der Waals surface area contributed by atoms with Gasteiger partial charge in [0.25, 0.3) is 5.91 Å². The first-order valence-corrected chi connectivity index (χ1v) is 9.79. The predicted molar refractivity (Wildman–Crippen MR) is 112 cm³/mol. The van der Waals surface area contributed by atoms with E-state index in [1.807, 2.05) is 32.0 Å². The van der Waals surface area contributed by atoms with Gasteiger partial charge in [-0.2, -0.15) is 0 Å². The Bertz CT molecular complexity index is 977. The van der Waals surface area contributed by atoms with Crippen LogP contribution in [0.2, 0.25) is 10.0 Å². The van der Waals surface area contributed by atoms with Gasteiger partial charge in [0.15, 0.2) is 6.61 Å². The SMILES string of the molecule is Cc1ccc(C)c(N2C[C@H](C(=O)OCC(=O)Nc3ccc(Cl)cc3Cl)CC2=O)c1. The van der Waals surface area contributed by atoms with Crippen molar-refractivity contribution in [3.05, 3.63) is 57.6 Å². The fourth-order valence-electron chi connectivity index (χ4n) is 3.14. The van der Waals surface area contributed by atoms with Gasteiger partial charge < -0.3 is 15.0 Å². The zero-order valence-corrected chi connectivity index (χ0v) is 17.5. The second kappa shape index (κ2) is 8.84. The summed E-state index contributed by atoms with van der Waals surface area (Å²) in [7, 11) is 0. The van der Waals surface area contributed by atoms with Crippen molar-refractivity contribution in [1.82, 2.24) is 0 Å².